The van der Waals surface area contributed by atoms with Gasteiger partial charge in [-0.05, 0) is 69.0 Å². The van der Waals surface area contributed by atoms with Gasteiger partial charge in [-0.3, -0.25) is 4.79 Å². The number of benzene rings is 2. The van der Waals surface area contributed by atoms with Crippen LogP contribution in [-0.4, -0.2) is 22.0 Å². The lowest BCUT2D eigenvalue weighted by atomic mass is 9.74. The standard InChI is InChI=1S/C20H12I2O5/c21-16-13(23)7-5-11-15(9-3-1-2-4-10(9)20(25)26)12-6-8-14(24)17(22)19(12)27-18(11)16/h1-8,11,15,24H,(H,25,26). The van der Waals surface area contributed by atoms with Crippen molar-refractivity contribution in [2.75, 3.05) is 0 Å². The third kappa shape index (κ3) is 2.96. The number of halogens is 2. The Kier molecular flexibility index (Phi) is 4.75. The first-order valence-corrected chi connectivity index (χ1v) is 10.2. The molecule has 5 nitrogen and oxygen atoms in total. The number of aromatic carboxylic acids is 1. The maximum absolute atomic E-state index is 12.2. The lowest BCUT2D eigenvalue weighted by Crippen LogP contribution is -2.29. The Balaban J connectivity index is 2.03. The number of carbonyl (C=O) groups is 2. The number of phenolic OH excluding ortho intramolecular Hbond substituents is 1. The molecule has 2 unspecified atom stereocenters. The molecule has 0 radical (unpaired) electrons. The molecular weight excluding hydrogens is 574 g/mol. The van der Waals surface area contributed by atoms with Crippen molar-refractivity contribution in [3.05, 3.63) is 78.1 Å². The predicted octanol–water partition coefficient (Wildman–Crippen LogP) is 4.62. The molecule has 2 aliphatic rings. The minimum atomic E-state index is -1.01. The van der Waals surface area contributed by atoms with Crippen LogP contribution in [-0.2, 0) is 4.79 Å². The second kappa shape index (κ2) is 6.93. The van der Waals surface area contributed by atoms with Gasteiger partial charge in [0.05, 0.1) is 12.7 Å². The summed E-state index contributed by atoms with van der Waals surface area (Å²) < 4.78 is 7.06. The smallest absolute Gasteiger partial charge is 0.335 e. The summed E-state index contributed by atoms with van der Waals surface area (Å²) in [6, 6.07) is 10.2. The van der Waals surface area contributed by atoms with Gasteiger partial charge in [-0.15, -0.1) is 0 Å². The number of carboxylic acid groups (broad SMARTS) is 1. The number of allylic oxidation sites excluding steroid dienone is 3. The fourth-order valence-corrected chi connectivity index (χ4v) is 4.78. The topological polar surface area (TPSA) is 83.8 Å². The number of carbonyl (C=O) groups excluding carboxylic acids is 1. The van der Waals surface area contributed by atoms with Crippen molar-refractivity contribution in [1.29, 1.82) is 0 Å². The van der Waals surface area contributed by atoms with Crippen LogP contribution >= 0.6 is 45.2 Å². The first-order valence-electron chi connectivity index (χ1n) is 8.03. The van der Waals surface area contributed by atoms with E-state index in [4.69, 9.17) is 4.74 Å². The SMILES string of the molecule is O=C1C=CC2C(=C1I)Oc1c(ccc(O)c1I)C2c1ccccc1C(=O)O. The van der Waals surface area contributed by atoms with E-state index < -0.39 is 5.97 Å². The van der Waals surface area contributed by atoms with Crippen LogP contribution in [0.15, 0.2) is 57.9 Å². The van der Waals surface area contributed by atoms with Crippen LogP contribution in [0.25, 0.3) is 0 Å². The fraction of sp³-hybridized carbons (Fsp3) is 0.100. The Morgan fingerprint density at radius 3 is 2.56 bits per heavy atom. The van der Waals surface area contributed by atoms with E-state index in [1.165, 1.54) is 6.08 Å². The molecule has 7 heteroatoms. The molecule has 27 heavy (non-hydrogen) atoms. The number of hydrogen-bond acceptors (Lipinski definition) is 4. The summed E-state index contributed by atoms with van der Waals surface area (Å²) in [6.07, 6.45) is 3.28. The van der Waals surface area contributed by atoms with Crippen LogP contribution in [0.1, 0.15) is 27.4 Å². The van der Waals surface area contributed by atoms with Gasteiger partial charge in [0.15, 0.2) is 5.78 Å². The minimum absolute atomic E-state index is 0.0753. The number of aromatic hydroxyl groups is 1. The molecule has 0 aromatic heterocycles. The highest BCUT2D eigenvalue weighted by Gasteiger charge is 2.41. The largest absolute Gasteiger partial charge is 0.507 e. The average Bonchev–Trinajstić information content (AvgIpc) is 2.66. The summed E-state index contributed by atoms with van der Waals surface area (Å²) in [5.74, 6) is -0.781. The van der Waals surface area contributed by atoms with Crippen LogP contribution in [0, 0.1) is 9.49 Å². The van der Waals surface area contributed by atoms with E-state index in [-0.39, 0.29) is 28.9 Å². The lowest BCUT2D eigenvalue weighted by molar-refractivity contribution is -0.110. The molecule has 1 heterocycles. The van der Waals surface area contributed by atoms with Crippen molar-refractivity contribution in [3.63, 3.8) is 0 Å². The van der Waals surface area contributed by atoms with Gasteiger partial charge in [0.25, 0.3) is 0 Å². The maximum atomic E-state index is 12.2. The molecule has 2 atom stereocenters. The van der Waals surface area contributed by atoms with Crippen LogP contribution in [0.2, 0.25) is 0 Å². The second-order valence-electron chi connectivity index (χ2n) is 6.22. The molecule has 1 aliphatic heterocycles. The molecule has 0 bridgehead atoms. The summed E-state index contributed by atoms with van der Waals surface area (Å²) in [6.45, 7) is 0. The molecule has 136 valence electrons. The predicted molar refractivity (Wildman–Crippen MR) is 115 cm³/mol. The summed E-state index contributed by atoms with van der Waals surface area (Å²) in [7, 11) is 0. The highest BCUT2D eigenvalue weighted by molar-refractivity contribution is 14.1. The number of phenols is 1. The van der Waals surface area contributed by atoms with E-state index in [2.05, 4.69) is 0 Å². The molecule has 0 saturated carbocycles. The third-order valence-electron chi connectivity index (χ3n) is 4.73. The quantitative estimate of drug-likeness (QED) is 0.503. The normalized spacial score (nSPS) is 20.7. The summed E-state index contributed by atoms with van der Waals surface area (Å²) in [5, 5.41) is 19.8. The first-order chi connectivity index (χ1) is 12.9. The molecule has 2 aromatic carbocycles. The van der Waals surface area contributed by atoms with E-state index in [0.717, 1.165) is 5.56 Å². The van der Waals surface area contributed by atoms with Crippen molar-refractivity contribution in [1.82, 2.24) is 0 Å². The number of fused-ring (bicyclic) bond motifs is 2. The monoisotopic (exact) mass is 586 g/mol. The number of ether oxygens (including phenoxy) is 1. The van der Waals surface area contributed by atoms with Crippen LogP contribution in [0.4, 0.5) is 0 Å². The van der Waals surface area contributed by atoms with E-state index in [1.807, 2.05) is 45.2 Å². The molecule has 1 aliphatic carbocycles. The van der Waals surface area contributed by atoms with Gasteiger partial charge in [-0.25, -0.2) is 4.79 Å². The average molecular weight is 586 g/mol. The van der Waals surface area contributed by atoms with E-state index >= 15 is 0 Å². The zero-order valence-corrected chi connectivity index (χ0v) is 18.0. The summed E-state index contributed by atoms with van der Waals surface area (Å²) in [5.41, 5.74) is 1.63. The molecule has 0 saturated heterocycles. The minimum Gasteiger partial charge on any atom is -0.507 e. The lowest BCUT2D eigenvalue weighted by Gasteiger charge is -2.37. The number of rotatable bonds is 2. The molecule has 2 aromatic rings. The Labute approximate surface area is 182 Å². The number of hydrogen-bond donors (Lipinski definition) is 2. The van der Waals surface area contributed by atoms with Crippen LogP contribution < -0.4 is 4.74 Å². The Morgan fingerprint density at radius 2 is 1.81 bits per heavy atom. The maximum Gasteiger partial charge on any atom is 0.335 e. The van der Waals surface area contributed by atoms with Gasteiger partial charge in [0, 0.05) is 17.4 Å². The molecular formula is C20H12I2O5. The Bertz CT molecular complexity index is 1050. The Morgan fingerprint density at radius 1 is 1.07 bits per heavy atom. The molecule has 0 spiro atoms. The summed E-state index contributed by atoms with van der Waals surface area (Å²) in [4.78, 5) is 24.0. The van der Waals surface area contributed by atoms with Crippen molar-refractivity contribution in [2.45, 2.75) is 5.92 Å². The molecule has 0 amide bonds. The fourth-order valence-electron chi connectivity index (χ4n) is 3.53. The van der Waals surface area contributed by atoms with Crippen molar-refractivity contribution in [3.8, 4) is 11.5 Å². The van der Waals surface area contributed by atoms with E-state index in [0.29, 0.717) is 24.2 Å². The zero-order chi connectivity index (χ0) is 19.3. The first kappa shape index (κ1) is 18.5. The van der Waals surface area contributed by atoms with Crippen molar-refractivity contribution < 1.29 is 24.5 Å². The van der Waals surface area contributed by atoms with Crippen molar-refractivity contribution >= 4 is 56.9 Å². The van der Waals surface area contributed by atoms with Gasteiger partial charge < -0.3 is 14.9 Å². The number of carboxylic acids is 1. The van der Waals surface area contributed by atoms with Gasteiger partial charge in [0.1, 0.15) is 17.3 Å². The highest BCUT2D eigenvalue weighted by atomic mass is 127. The van der Waals surface area contributed by atoms with Crippen LogP contribution in [0.5, 0.6) is 11.5 Å². The molecule has 4 rings (SSSR count). The second-order valence-corrected chi connectivity index (χ2v) is 8.37. The molecule has 2 N–H and O–H groups in total. The van der Waals surface area contributed by atoms with Gasteiger partial charge in [0.2, 0.25) is 0 Å². The highest BCUT2D eigenvalue weighted by Crippen LogP contribution is 2.52. The third-order valence-corrected chi connectivity index (χ3v) is 6.84. The van der Waals surface area contributed by atoms with Crippen LogP contribution in [0.3, 0.4) is 0 Å². The van der Waals surface area contributed by atoms with Gasteiger partial charge >= 0.3 is 5.97 Å². The molecule has 0 fully saturated rings. The van der Waals surface area contributed by atoms with Gasteiger partial charge in [-0.1, -0.05) is 30.3 Å². The zero-order valence-electron chi connectivity index (χ0n) is 13.6. The summed E-state index contributed by atoms with van der Waals surface area (Å²) >= 11 is 3.96. The number of ketones is 1. The van der Waals surface area contributed by atoms with E-state index in [9.17, 15) is 19.8 Å². The Hall–Kier alpha value is -1.88. The van der Waals surface area contributed by atoms with Crippen molar-refractivity contribution in [2.24, 2.45) is 5.92 Å². The van der Waals surface area contributed by atoms with Gasteiger partial charge in [-0.2, -0.15) is 0 Å². The van der Waals surface area contributed by atoms with E-state index in [1.54, 1.807) is 42.5 Å².